The van der Waals surface area contributed by atoms with E-state index in [1.54, 1.807) is 24.5 Å². The van der Waals surface area contributed by atoms with Crippen molar-refractivity contribution < 1.29 is 17.9 Å². The molecule has 2 aliphatic rings. The molecule has 31 heavy (non-hydrogen) atoms. The summed E-state index contributed by atoms with van der Waals surface area (Å²) in [5.41, 5.74) is 1.97. The number of sulfonamides is 1. The van der Waals surface area contributed by atoms with E-state index in [1.165, 1.54) is 4.31 Å². The third-order valence-electron chi connectivity index (χ3n) is 5.86. The van der Waals surface area contributed by atoms with E-state index < -0.39 is 10.0 Å². The van der Waals surface area contributed by atoms with Gasteiger partial charge >= 0.3 is 0 Å². The number of hydrogen-bond acceptors (Lipinski definition) is 6. The molecule has 3 heterocycles. The molecular formula is C22H28N4O4S. The van der Waals surface area contributed by atoms with E-state index in [2.05, 4.69) is 15.2 Å². The fourth-order valence-electron chi connectivity index (χ4n) is 4.00. The predicted molar refractivity (Wildman–Crippen MR) is 117 cm³/mol. The van der Waals surface area contributed by atoms with E-state index in [0.717, 1.165) is 37.2 Å². The maximum Gasteiger partial charge on any atom is 0.243 e. The molecule has 2 aliphatic heterocycles. The van der Waals surface area contributed by atoms with Crippen LogP contribution in [0.25, 0.3) is 0 Å². The Morgan fingerprint density at radius 2 is 1.77 bits per heavy atom. The minimum absolute atomic E-state index is 0.00565. The van der Waals surface area contributed by atoms with Crippen LogP contribution in [0.1, 0.15) is 18.4 Å². The van der Waals surface area contributed by atoms with Crippen molar-refractivity contribution in [3.8, 4) is 0 Å². The first-order valence-corrected chi connectivity index (χ1v) is 12.1. The van der Waals surface area contributed by atoms with E-state index in [9.17, 15) is 13.2 Å². The summed E-state index contributed by atoms with van der Waals surface area (Å²) >= 11 is 0. The van der Waals surface area contributed by atoms with Crippen LogP contribution in [-0.2, 0) is 26.1 Å². The van der Waals surface area contributed by atoms with E-state index in [0.29, 0.717) is 37.7 Å². The molecular weight excluding hydrogens is 416 g/mol. The van der Waals surface area contributed by atoms with Gasteiger partial charge in [0.1, 0.15) is 0 Å². The zero-order chi connectivity index (χ0) is 21.7. The van der Waals surface area contributed by atoms with Crippen molar-refractivity contribution in [3.63, 3.8) is 0 Å². The molecule has 0 aliphatic carbocycles. The third-order valence-corrected chi connectivity index (χ3v) is 7.78. The van der Waals surface area contributed by atoms with Crippen LogP contribution >= 0.6 is 0 Å². The van der Waals surface area contributed by atoms with Crippen LogP contribution in [0.15, 0.2) is 53.7 Å². The number of pyridine rings is 1. The minimum atomic E-state index is -3.48. The molecule has 1 N–H and O–H groups in total. The number of carbonyl (C=O) groups excluding carboxylic acids is 1. The standard InChI is InChI=1S/C22H28N4O4S/c27-22(24-17-18-2-1-9-23-16-18)19-7-10-25(11-8-19)20-3-5-21(6-4-20)31(28,29)26-12-14-30-15-13-26/h1-6,9,16,19H,7-8,10-15,17H2,(H,24,27). The molecule has 1 aromatic heterocycles. The summed E-state index contributed by atoms with van der Waals surface area (Å²) in [6.07, 6.45) is 5.01. The van der Waals surface area contributed by atoms with Gasteiger partial charge in [-0.25, -0.2) is 8.42 Å². The normalized spacial score (nSPS) is 18.6. The molecule has 166 valence electrons. The van der Waals surface area contributed by atoms with Gasteiger partial charge in [0.2, 0.25) is 15.9 Å². The van der Waals surface area contributed by atoms with Gasteiger partial charge in [0.05, 0.1) is 18.1 Å². The van der Waals surface area contributed by atoms with Gasteiger partial charge in [0.15, 0.2) is 0 Å². The number of nitrogens with one attached hydrogen (secondary N) is 1. The molecule has 9 heteroatoms. The highest BCUT2D eigenvalue weighted by atomic mass is 32.2. The molecule has 1 amide bonds. The van der Waals surface area contributed by atoms with Gasteiger partial charge in [-0.3, -0.25) is 9.78 Å². The van der Waals surface area contributed by atoms with E-state index in [-0.39, 0.29) is 11.8 Å². The van der Waals surface area contributed by atoms with Crippen LogP contribution in [0.2, 0.25) is 0 Å². The Labute approximate surface area is 183 Å². The molecule has 0 saturated carbocycles. The van der Waals surface area contributed by atoms with E-state index >= 15 is 0 Å². The van der Waals surface area contributed by atoms with Crippen LogP contribution in [0, 0.1) is 5.92 Å². The van der Waals surface area contributed by atoms with Crippen molar-refractivity contribution in [2.45, 2.75) is 24.3 Å². The van der Waals surface area contributed by atoms with Crippen molar-refractivity contribution in [1.29, 1.82) is 0 Å². The molecule has 0 unspecified atom stereocenters. The summed E-state index contributed by atoms with van der Waals surface area (Å²) < 4.78 is 32.3. The van der Waals surface area contributed by atoms with Gasteiger partial charge in [-0.1, -0.05) is 6.07 Å². The van der Waals surface area contributed by atoms with Crippen LogP contribution in [0.5, 0.6) is 0 Å². The lowest BCUT2D eigenvalue weighted by Gasteiger charge is -2.33. The topological polar surface area (TPSA) is 91.8 Å². The smallest absolute Gasteiger partial charge is 0.243 e. The van der Waals surface area contributed by atoms with Crippen molar-refractivity contribution in [1.82, 2.24) is 14.6 Å². The number of amides is 1. The molecule has 0 atom stereocenters. The number of rotatable bonds is 6. The van der Waals surface area contributed by atoms with Crippen molar-refractivity contribution in [2.24, 2.45) is 5.92 Å². The molecule has 1 aromatic carbocycles. The Morgan fingerprint density at radius 3 is 2.42 bits per heavy atom. The number of aromatic nitrogens is 1. The number of hydrogen-bond donors (Lipinski definition) is 1. The Hall–Kier alpha value is -2.49. The lowest BCUT2D eigenvalue weighted by atomic mass is 9.95. The lowest BCUT2D eigenvalue weighted by molar-refractivity contribution is -0.125. The minimum Gasteiger partial charge on any atom is -0.379 e. The summed E-state index contributed by atoms with van der Waals surface area (Å²) in [6, 6.07) is 10.9. The Bertz CT molecular complexity index is 968. The number of nitrogens with zero attached hydrogens (tertiary/aromatic N) is 3. The highest BCUT2D eigenvalue weighted by molar-refractivity contribution is 7.89. The first-order valence-electron chi connectivity index (χ1n) is 10.6. The number of piperidine rings is 1. The molecule has 4 rings (SSSR count). The third kappa shape index (κ3) is 5.23. The predicted octanol–water partition coefficient (Wildman–Crippen LogP) is 1.64. The lowest BCUT2D eigenvalue weighted by Crippen LogP contribution is -2.41. The average molecular weight is 445 g/mol. The number of morpholine rings is 1. The summed E-state index contributed by atoms with van der Waals surface area (Å²) in [4.78, 5) is 19.1. The van der Waals surface area contributed by atoms with E-state index in [1.807, 2.05) is 24.3 Å². The second-order valence-corrected chi connectivity index (χ2v) is 9.79. The number of carbonyl (C=O) groups is 1. The molecule has 2 aromatic rings. The van der Waals surface area contributed by atoms with Gasteiger partial charge in [-0.15, -0.1) is 0 Å². The van der Waals surface area contributed by atoms with Gasteiger partial charge in [-0.2, -0.15) is 4.31 Å². The highest BCUT2D eigenvalue weighted by Crippen LogP contribution is 2.26. The first kappa shape index (κ1) is 21.7. The van der Waals surface area contributed by atoms with Crippen LogP contribution in [0.3, 0.4) is 0 Å². The van der Waals surface area contributed by atoms with Crippen molar-refractivity contribution >= 4 is 21.6 Å². The van der Waals surface area contributed by atoms with Crippen molar-refractivity contribution in [3.05, 3.63) is 54.4 Å². The first-order chi connectivity index (χ1) is 15.0. The van der Waals surface area contributed by atoms with E-state index in [4.69, 9.17) is 4.74 Å². The summed E-state index contributed by atoms with van der Waals surface area (Å²) in [7, 11) is -3.48. The van der Waals surface area contributed by atoms with Crippen LogP contribution < -0.4 is 10.2 Å². The second-order valence-electron chi connectivity index (χ2n) is 7.85. The summed E-state index contributed by atoms with van der Waals surface area (Å²) in [6.45, 7) is 3.66. The molecule has 0 spiro atoms. The van der Waals surface area contributed by atoms with Gasteiger partial charge in [0.25, 0.3) is 0 Å². The highest BCUT2D eigenvalue weighted by Gasteiger charge is 2.28. The SMILES string of the molecule is O=C(NCc1cccnc1)C1CCN(c2ccc(S(=O)(=O)N3CCOCC3)cc2)CC1. The quantitative estimate of drug-likeness (QED) is 0.728. The molecule has 0 radical (unpaired) electrons. The van der Waals surface area contributed by atoms with Gasteiger partial charge < -0.3 is 15.0 Å². The van der Waals surface area contributed by atoms with Crippen LogP contribution in [-0.4, -0.2) is 63.0 Å². The zero-order valence-electron chi connectivity index (χ0n) is 17.4. The maximum absolute atomic E-state index is 12.8. The fourth-order valence-corrected chi connectivity index (χ4v) is 5.41. The Morgan fingerprint density at radius 1 is 1.06 bits per heavy atom. The largest absolute Gasteiger partial charge is 0.379 e. The zero-order valence-corrected chi connectivity index (χ0v) is 18.3. The summed E-state index contributed by atoms with van der Waals surface area (Å²) in [5, 5.41) is 3.00. The number of anilines is 1. The Kier molecular flexibility index (Phi) is 6.84. The monoisotopic (exact) mass is 444 g/mol. The summed E-state index contributed by atoms with van der Waals surface area (Å²) in [5.74, 6) is 0.0735. The van der Waals surface area contributed by atoms with Crippen molar-refractivity contribution in [2.75, 3.05) is 44.3 Å². The Balaban J connectivity index is 1.30. The van der Waals surface area contributed by atoms with Gasteiger partial charge in [0, 0.05) is 56.7 Å². The average Bonchev–Trinajstić information content (AvgIpc) is 2.84. The number of ether oxygens (including phenoxy) is 1. The second kappa shape index (κ2) is 9.76. The number of benzene rings is 1. The van der Waals surface area contributed by atoms with Crippen LogP contribution in [0.4, 0.5) is 5.69 Å². The molecule has 2 saturated heterocycles. The maximum atomic E-state index is 12.8. The molecule has 2 fully saturated rings. The molecule has 8 nitrogen and oxygen atoms in total. The van der Waals surface area contributed by atoms with Gasteiger partial charge in [-0.05, 0) is 48.7 Å². The molecule has 0 bridgehead atoms. The fraction of sp³-hybridized carbons (Fsp3) is 0.455.